The number of carbonyl (C=O) groups is 2. The molecule has 5 nitrogen and oxygen atoms in total. The van der Waals surface area contributed by atoms with Gasteiger partial charge in [0.1, 0.15) is 6.04 Å². The first kappa shape index (κ1) is 17.7. The number of thioether (sulfide) groups is 1. The van der Waals surface area contributed by atoms with E-state index < -0.39 is 18.0 Å². The second-order valence-corrected chi connectivity index (χ2v) is 6.03. The zero-order valence-electron chi connectivity index (χ0n) is 12.0. The van der Waals surface area contributed by atoms with E-state index >= 15 is 0 Å². The summed E-state index contributed by atoms with van der Waals surface area (Å²) in [5.74, 6) is -0.338. The fourth-order valence-corrected chi connectivity index (χ4v) is 2.29. The van der Waals surface area contributed by atoms with Gasteiger partial charge in [-0.15, -0.1) is 0 Å². The Morgan fingerprint density at radius 1 is 1.38 bits per heavy atom. The van der Waals surface area contributed by atoms with Crippen molar-refractivity contribution in [2.24, 2.45) is 0 Å². The predicted octanol–water partition coefficient (Wildman–Crippen LogP) is 2.69. The van der Waals surface area contributed by atoms with E-state index in [2.05, 4.69) is 5.32 Å². The second kappa shape index (κ2) is 8.79. The molecule has 0 spiro atoms. The molecule has 0 unspecified atom stereocenters. The van der Waals surface area contributed by atoms with Gasteiger partial charge < -0.3 is 15.3 Å². The molecule has 0 saturated carbocycles. The number of nitrogens with one attached hydrogen (secondary N) is 1. The molecule has 2 amide bonds. The fraction of sp³-hybridized carbons (Fsp3) is 0.429. The number of halogens is 1. The minimum Gasteiger partial charge on any atom is -0.480 e. The summed E-state index contributed by atoms with van der Waals surface area (Å²) in [5, 5.41) is 12.3. The van der Waals surface area contributed by atoms with E-state index in [1.807, 2.05) is 18.4 Å². The third kappa shape index (κ3) is 6.27. The number of nitrogens with zero attached hydrogens (tertiary/aromatic N) is 1. The standard InChI is InChI=1S/C14H19ClN2O3S/c1-17(9-10-3-5-11(15)6-4-10)14(20)16-12(13(18)19)7-8-21-2/h3-6,12H,7-9H2,1-2H3,(H,16,20)(H,18,19)/t12-/m0/s1. The van der Waals surface area contributed by atoms with Crippen LogP contribution in [0.1, 0.15) is 12.0 Å². The fourth-order valence-electron chi connectivity index (χ4n) is 1.69. The number of benzene rings is 1. The summed E-state index contributed by atoms with van der Waals surface area (Å²) in [6.45, 7) is 0.387. The average Bonchev–Trinajstić information content (AvgIpc) is 2.45. The van der Waals surface area contributed by atoms with E-state index in [0.29, 0.717) is 23.7 Å². The van der Waals surface area contributed by atoms with Gasteiger partial charge in [0.2, 0.25) is 0 Å². The highest BCUT2D eigenvalue weighted by Crippen LogP contribution is 2.11. The molecule has 0 radical (unpaired) electrons. The zero-order chi connectivity index (χ0) is 15.8. The summed E-state index contributed by atoms with van der Waals surface area (Å²) in [7, 11) is 1.62. The third-order valence-electron chi connectivity index (χ3n) is 2.89. The molecule has 0 saturated heterocycles. The lowest BCUT2D eigenvalue weighted by molar-refractivity contribution is -0.139. The van der Waals surface area contributed by atoms with Crippen LogP contribution in [-0.2, 0) is 11.3 Å². The van der Waals surface area contributed by atoms with Crippen LogP contribution in [0.15, 0.2) is 24.3 Å². The monoisotopic (exact) mass is 330 g/mol. The lowest BCUT2D eigenvalue weighted by atomic mass is 10.2. The van der Waals surface area contributed by atoms with E-state index in [1.165, 1.54) is 4.90 Å². The zero-order valence-corrected chi connectivity index (χ0v) is 13.6. The van der Waals surface area contributed by atoms with Crippen LogP contribution in [0, 0.1) is 0 Å². The molecule has 0 fully saturated rings. The molecule has 0 aromatic heterocycles. The Kier molecular flexibility index (Phi) is 7.39. The van der Waals surface area contributed by atoms with E-state index in [1.54, 1.807) is 30.9 Å². The maximum Gasteiger partial charge on any atom is 0.326 e. The van der Waals surface area contributed by atoms with E-state index in [0.717, 1.165) is 5.56 Å². The van der Waals surface area contributed by atoms with Crippen LogP contribution >= 0.6 is 23.4 Å². The predicted molar refractivity (Wildman–Crippen MR) is 85.9 cm³/mol. The van der Waals surface area contributed by atoms with Crippen molar-refractivity contribution in [3.8, 4) is 0 Å². The summed E-state index contributed by atoms with van der Waals surface area (Å²) in [6, 6.07) is 5.89. The molecule has 2 N–H and O–H groups in total. The summed E-state index contributed by atoms with van der Waals surface area (Å²) < 4.78 is 0. The number of carbonyl (C=O) groups excluding carboxylic acids is 1. The Morgan fingerprint density at radius 3 is 2.52 bits per heavy atom. The molecule has 0 aliphatic rings. The van der Waals surface area contributed by atoms with Gasteiger partial charge in [-0.3, -0.25) is 0 Å². The van der Waals surface area contributed by atoms with E-state index in [-0.39, 0.29) is 0 Å². The lowest BCUT2D eigenvalue weighted by Crippen LogP contribution is -2.46. The number of aliphatic carboxylic acids is 1. The van der Waals surface area contributed by atoms with Gasteiger partial charge in [0.05, 0.1) is 0 Å². The number of hydrogen-bond acceptors (Lipinski definition) is 3. The van der Waals surface area contributed by atoms with Gasteiger partial charge in [-0.2, -0.15) is 11.8 Å². The Morgan fingerprint density at radius 2 is 2.00 bits per heavy atom. The van der Waals surface area contributed by atoms with Crippen LogP contribution in [0.4, 0.5) is 4.79 Å². The van der Waals surface area contributed by atoms with Crippen LogP contribution in [-0.4, -0.2) is 47.1 Å². The quantitative estimate of drug-likeness (QED) is 0.806. The van der Waals surface area contributed by atoms with Crippen LogP contribution in [0.5, 0.6) is 0 Å². The average molecular weight is 331 g/mol. The third-order valence-corrected chi connectivity index (χ3v) is 3.78. The largest absolute Gasteiger partial charge is 0.480 e. The van der Waals surface area contributed by atoms with Gasteiger partial charge in [-0.1, -0.05) is 23.7 Å². The summed E-state index contributed by atoms with van der Waals surface area (Å²) >= 11 is 7.35. The Balaban J connectivity index is 2.56. The highest BCUT2D eigenvalue weighted by molar-refractivity contribution is 7.98. The van der Waals surface area contributed by atoms with Gasteiger partial charge in [0, 0.05) is 18.6 Å². The molecule has 0 aliphatic heterocycles. The maximum atomic E-state index is 12.0. The molecule has 1 atom stereocenters. The normalized spacial score (nSPS) is 11.8. The molecular formula is C14H19ClN2O3S. The molecular weight excluding hydrogens is 312 g/mol. The van der Waals surface area contributed by atoms with Gasteiger partial charge in [0.25, 0.3) is 0 Å². The van der Waals surface area contributed by atoms with Gasteiger partial charge >= 0.3 is 12.0 Å². The van der Waals surface area contributed by atoms with E-state index in [4.69, 9.17) is 16.7 Å². The lowest BCUT2D eigenvalue weighted by Gasteiger charge is -2.21. The summed E-state index contributed by atoms with van der Waals surface area (Å²) in [5.41, 5.74) is 0.924. The molecule has 116 valence electrons. The Bertz CT molecular complexity index is 482. The molecule has 7 heteroatoms. The molecule has 0 aliphatic carbocycles. The van der Waals surface area contributed by atoms with Crippen LogP contribution in [0.3, 0.4) is 0 Å². The number of hydrogen-bond donors (Lipinski definition) is 2. The minimum atomic E-state index is -1.02. The summed E-state index contributed by atoms with van der Waals surface area (Å²) in [6.07, 6.45) is 2.30. The number of rotatable bonds is 7. The van der Waals surface area contributed by atoms with Crippen LogP contribution in [0.25, 0.3) is 0 Å². The molecule has 1 rings (SSSR count). The smallest absolute Gasteiger partial charge is 0.326 e. The molecule has 0 bridgehead atoms. The van der Waals surface area contributed by atoms with Crippen molar-refractivity contribution in [3.05, 3.63) is 34.9 Å². The van der Waals surface area contributed by atoms with Gasteiger partial charge in [0.15, 0.2) is 0 Å². The second-order valence-electron chi connectivity index (χ2n) is 4.60. The number of carboxylic acids is 1. The molecule has 1 aromatic carbocycles. The highest BCUT2D eigenvalue weighted by Gasteiger charge is 2.21. The number of amides is 2. The van der Waals surface area contributed by atoms with Crippen molar-refractivity contribution >= 4 is 35.4 Å². The minimum absolute atomic E-state index is 0.387. The van der Waals surface area contributed by atoms with Crippen molar-refractivity contribution in [3.63, 3.8) is 0 Å². The topological polar surface area (TPSA) is 69.6 Å². The molecule has 0 heterocycles. The Labute approximate surface area is 133 Å². The SMILES string of the molecule is CSCC[C@H](NC(=O)N(C)Cc1ccc(Cl)cc1)C(=O)O. The van der Waals surface area contributed by atoms with Crippen molar-refractivity contribution in [2.45, 2.75) is 19.0 Å². The Hall–Kier alpha value is -1.40. The first-order valence-corrected chi connectivity index (χ1v) is 8.19. The highest BCUT2D eigenvalue weighted by atomic mass is 35.5. The van der Waals surface area contributed by atoms with Crippen LogP contribution < -0.4 is 5.32 Å². The molecule has 21 heavy (non-hydrogen) atoms. The van der Waals surface area contributed by atoms with Crippen molar-refractivity contribution in [2.75, 3.05) is 19.1 Å². The number of urea groups is 1. The number of carboxylic acid groups (broad SMARTS) is 1. The van der Waals surface area contributed by atoms with Crippen molar-refractivity contribution in [1.82, 2.24) is 10.2 Å². The van der Waals surface area contributed by atoms with Crippen LogP contribution in [0.2, 0.25) is 5.02 Å². The van der Waals surface area contributed by atoms with Gasteiger partial charge in [-0.05, 0) is 36.1 Å². The molecule has 1 aromatic rings. The van der Waals surface area contributed by atoms with Gasteiger partial charge in [-0.25, -0.2) is 9.59 Å². The maximum absolute atomic E-state index is 12.0. The van der Waals surface area contributed by atoms with Crippen molar-refractivity contribution < 1.29 is 14.7 Å². The van der Waals surface area contributed by atoms with Crippen molar-refractivity contribution in [1.29, 1.82) is 0 Å². The van der Waals surface area contributed by atoms with E-state index in [9.17, 15) is 9.59 Å². The first-order chi connectivity index (χ1) is 9.93. The summed E-state index contributed by atoms with van der Waals surface area (Å²) in [4.78, 5) is 24.6. The first-order valence-electron chi connectivity index (χ1n) is 6.42.